The maximum atomic E-state index is 14.1. The Balaban J connectivity index is 2.08. The molecule has 138 valence electrons. The highest BCUT2D eigenvalue weighted by atomic mass is 79.9. The number of anilines is 1. The van der Waals surface area contributed by atoms with Crippen LogP contribution in [0.25, 0.3) is 6.08 Å². The second-order valence-corrected chi connectivity index (χ2v) is 6.70. The van der Waals surface area contributed by atoms with Gasteiger partial charge in [0.2, 0.25) is 0 Å². The lowest BCUT2D eigenvalue weighted by atomic mass is 10.1. The van der Waals surface area contributed by atoms with Crippen molar-refractivity contribution in [3.8, 4) is 11.5 Å². The summed E-state index contributed by atoms with van der Waals surface area (Å²) >= 11 is 8.21. The number of thiocarbonyl (C=S) groups is 1. The van der Waals surface area contributed by atoms with Crippen LogP contribution in [0, 0.1) is 5.82 Å². The largest absolute Gasteiger partial charge is 0.503 e. The highest BCUT2D eigenvalue weighted by Gasteiger charge is 2.35. The van der Waals surface area contributed by atoms with Crippen molar-refractivity contribution in [3.63, 3.8) is 0 Å². The average Bonchev–Trinajstić information content (AvgIpc) is 2.62. The predicted molar refractivity (Wildman–Crippen MR) is 105 cm³/mol. The molecule has 0 aliphatic carbocycles. The fraction of sp³-hybridized carbons (Fsp3) is 0.0556. The third-order valence-corrected chi connectivity index (χ3v) is 4.67. The second kappa shape index (κ2) is 7.45. The van der Waals surface area contributed by atoms with E-state index in [0.717, 1.165) is 4.90 Å². The van der Waals surface area contributed by atoms with E-state index in [1.165, 1.54) is 43.5 Å². The lowest BCUT2D eigenvalue weighted by Crippen LogP contribution is -2.54. The highest BCUT2D eigenvalue weighted by molar-refractivity contribution is 9.10. The van der Waals surface area contributed by atoms with Gasteiger partial charge in [-0.15, -0.1) is 0 Å². The fourth-order valence-corrected chi connectivity index (χ4v) is 3.24. The molecule has 6 nitrogen and oxygen atoms in total. The van der Waals surface area contributed by atoms with Gasteiger partial charge in [-0.05, 0) is 64.1 Å². The van der Waals surface area contributed by atoms with Crippen LogP contribution >= 0.6 is 28.1 Å². The predicted octanol–water partition coefficient (Wildman–Crippen LogP) is 3.13. The van der Waals surface area contributed by atoms with Crippen molar-refractivity contribution in [2.45, 2.75) is 0 Å². The molecule has 1 fully saturated rings. The Morgan fingerprint density at radius 1 is 1.30 bits per heavy atom. The van der Waals surface area contributed by atoms with Crippen molar-refractivity contribution in [1.29, 1.82) is 0 Å². The number of phenolic OH excluding ortho intramolecular Hbond substituents is 1. The summed E-state index contributed by atoms with van der Waals surface area (Å²) < 4.78 is 19.5. The molecule has 1 saturated heterocycles. The maximum Gasteiger partial charge on any atom is 0.270 e. The van der Waals surface area contributed by atoms with Crippen LogP contribution < -0.4 is 15.0 Å². The molecule has 2 N–H and O–H groups in total. The number of phenols is 1. The zero-order chi connectivity index (χ0) is 19.7. The molecule has 0 radical (unpaired) electrons. The molecule has 3 rings (SSSR count). The zero-order valence-corrected chi connectivity index (χ0v) is 16.2. The Kier molecular flexibility index (Phi) is 5.24. The van der Waals surface area contributed by atoms with E-state index >= 15 is 0 Å². The summed E-state index contributed by atoms with van der Waals surface area (Å²) in [5.41, 5.74) is 0.102. The summed E-state index contributed by atoms with van der Waals surface area (Å²) in [6, 6.07) is 8.56. The Morgan fingerprint density at radius 2 is 2.00 bits per heavy atom. The van der Waals surface area contributed by atoms with E-state index in [1.807, 2.05) is 0 Å². The number of halogens is 2. The molecule has 1 aliphatic rings. The molecule has 2 aromatic rings. The standard InChI is InChI=1S/C18H12BrFN2O4S/c1-26-14-8-9(7-11(19)15(14)23)6-10-16(24)21-18(27)22(17(10)25)13-5-3-2-4-12(13)20/h2-8,23H,1H3,(H,21,24,27)/b10-6-. The number of hydrogen-bond acceptors (Lipinski definition) is 5. The monoisotopic (exact) mass is 450 g/mol. The molecule has 1 aliphatic heterocycles. The number of amides is 2. The number of benzene rings is 2. The highest BCUT2D eigenvalue weighted by Crippen LogP contribution is 2.36. The Morgan fingerprint density at radius 3 is 2.67 bits per heavy atom. The van der Waals surface area contributed by atoms with Gasteiger partial charge in [-0.2, -0.15) is 0 Å². The summed E-state index contributed by atoms with van der Waals surface area (Å²) in [5.74, 6) is -2.09. The number of para-hydroxylation sites is 1. The first kappa shape index (κ1) is 19.0. The Bertz CT molecular complexity index is 1010. The van der Waals surface area contributed by atoms with Gasteiger partial charge in [-0.1, -0.05) is 12.1 Å². The molecule has 0 atom stereocenters. The second-order valence-electron chi connectivity index (χ2n) is 5.46. The van der Waals surface area contributed by atoms with Gasteiger partial charge >= 0.3 is 0 Å². The van der Waals surface area contributed by atoms with Crippen LogP contribution in [0.3, 0.4) is 0 Å². The van der Waals surface area contributed by atoms with E-state index in [4.69, 9.17) is 17.0 Å². The van der Waals surface area contributed by atoms with Crippen molar-refractivity contribution in [1.82, 2.24) is 5.32 Å². The van der Waals surface area contributed by atoms with Crippen molar-refractivity contribution < 1.29 is 23.8 Å². The van der Waals surface area contributed by atoms with Crippen LogP contribution in [0.2, 0.25) is 0 Å². The first-order valence-electron chi connectivity index (χ1n) is 7.56. The molecule has 2 amide bonds. The van der Waals surface area contributed by atoms with Gasteiger partial charge < -0.3 is 9.84 Å². The van der Waals surface area contributed by atoms with E-state index in [-0.39, 0.29) is 27.9 Å². The number of methoxy groups -OCH3 is 1. The van der Waals surface area contributed by atoms with Crippen LogP contribution in [0.4, 0.5) is 10.1 Å². The van der Waals surface area contributed by atoms with Gasteiger partial charge in [0.1, 0.15) is 11.4 Å². The first-order chi connectivity index (χ1) is 12.8. The van der Waals surface area contributed by atoms with Crippen LogP contribution in [-0.2, 0) is 9.59 Å². The van der Waals surface area contributed by atoms with Crippen molar-refractivity contribution in [2.24, 2.45) is 0 Å². The van der Waals surface area contributed by atoms with Gasteiger partial charge in [-0.3, -0.25) is 14.9 Å². The van der Waals surface area contributed by atoms with E-state index in [9.17, 15) is 19.1 Å². The SMILES string of the molecule is COc1cc(/C=C2/C(=O)NC(=S)N(c3ccccc3F)C2=O)cc(Br)c1O. The van der Waals surface area contributed by atoms with Crippen LogP contribution in [0.1, 0.15) is 5.56 Å². The maximum absolute atomic E-state index is 14.1. The van der Waals surface area contributed by atoms with E-state index in [2.05, 4.69) is 21.2 Å². The van der Waals surface area contributed by atoms with Gasteiger partial charge in [0.05, 0.1) is 17.3 Å². The molecular formula is C18H12BrFN2O4S. The number of nitrogens with zero attached hydrogens (tertiary/aromatic N) is 1. The molecule has 1 heterocycles. The van der Waals surface area contributed by atoms with Crippen LogP contribution in [-0.4, -0.2) is 29.1 Å². The summed E-state index contributed by atoms with van der Waals surface area (Å²) in [5, 5.41) is 12.1. The zero-order valence-electron chi connectivity index (χ0n) is 13.8. The molecule has 0 saturated carbocycles. The molecule has 0 aromatic heterocycles. The number of carbonyl (C=O) groups is 2. The molecule has 0 bridgehead atoms. The lowest BCUT2D eigenvalue weighted by Gasteiger charge is -2.29. The minimum absolute atomic E-state index is 0.0668. The van der Waals surface area contributed by atoms with E-state index in [0.29, 0.717) is 10.0 Å². The first-order valence-corrected chi connectivity index (χ1v) is 8.76. The summed E-state index contributed by atoms with van der Waals surface area (Å²) in [6.45, 7) is 0. The van der Waals surface area contributed by atoms with Gasteiger partial charge in [0, 0.05) is 0 Å². The third-order valence-electron chi connectivity index (χ3n) is 3.78. The van der Waals surface area contributed by atoms with Gasteiger partial charge in [-0.25, -0.2) is 9.29 Å². The topological polar surface area (TPSA) is 78.9 Å². The summed E-state index contributed by atoms with van der Waals surface area (Å²) in [7, 11) is 1.37. The Labute approximate surface area is 167 Å². The molecular weight excluding hydrogens is 439 g/mol. The summed E-state index contributed by atoms with van der Waals surface area (Å²) in [4.78, 5) is 26.1. The minimum Gasteiger partial charge on any atom is -0.503 e. The molecule has 27 heavy (non-hydrogen) atoms. The normalized spacial score (nSPS) is 15.9. The lowest BCUT2D eigenvalue weighted by molar-refractivity contribution is -0.122. The number of nitrogens with one attached hydrogen (secondary N) is 1. The summed E-state index contributed by atoms with van der Waals surface area (Å²) in [6.07, 6.45) is 1.31. The molecule has 0 unspecified atom stereocenters. The van der Waals surface area contributed by atoms with E-state index in [1.54, 1.807) is 6.07 Å². The fourth-order valence-electron chi connectivity index (χ4n) is 2.51. The molecule has 9 heteroatoms. The average molecular weight is 451 g/mol. The molecule has 2 aromatic carbocycles. The quantitative estimate of drug-likeness (QED) is 0.426. The number of hydrogen-bond donors (Lipinski definition) is 2. The molecule has 0 spiro atoms. The number of ether oxygens (including phenoxy) is 1. The van der Waals surface area contributed by atoms with Gasteiger partial charge in [0.15, 0.2) is 16.6 Å². The number of aromatic hydroxyl groups is 1. The van der Waals surface area contributed by atoms with Crippen LogP contribution in [0.15, 0.2) is 46.4 Å². The number of rotatable bonds is 3. The minimum atomic E-state index is -0.767. The Hall–Kier alpha value is -2.78. The third kappa shape index (κ3) is 3.56. The van der Waals surface area contributed by atoms with Crippen molar-refractivity contribution in [2.75, 3.05) is 12.0 Å². The van der Waals surface area contributed by atoms with Gasteiger partial charge in [0.25, 0.3) is 11.8 Å². The van der Waals surface area contributed by atoms with Crippen molar-refractivity contribution >= 4 is 56.8 Å². The van der Waals surface area contributed by atoms with Crippen LogP contribution in [0.5, 0.6) is 11.5 Å². The smallest absolute Gasteiger partial charge is 0.270 e. The number of carbonyl (C=O) groups excluding carboxylic acids is 2. The van der Waals surface area contributed by atoms with Crippen molar-refractivity contribution in [3.05, 3.63) is 57.8 Å². The van der Waals surface area contributed by atoms with E-state index < -0.39 is 17.6 Å².